The van der Waals surface area contributed by atoms with E-state index in [4.69, 9.17) is 5.11 Å². The smallest absolute Gasteiger partial charge is 0.326 e. The molecule has 1 saturated carbocycles. The van der Waals surface area contributed by atoms with E-state index in [1.54, 1.807) is 4.90 Å². The molecule has 2 aliphatic rings. The molecule has 0 aromatic carbocycles. The van der Waals surface area contributed by atoms with Crippen LogP contribution in [0.2, 0.25) is 0 Å². The molecular weight excluding hydrogens is 194 g/mol. The number of hydrogen-bond acceptors (Lipinski definition) is 2. The average Bonchev–Trinajstić information content (AvgIpc) is 2.56. The lowest BCUT2D eigenvalue weighted by Crippen LogP contribution is -2.45. The highest BCUT2D eigenvalue weighted by Gasteiger charge is 2.46. The van der Waals surface area contributed by atoms with Crippen molar-refractivity contribution in [2.24, 2.45) is 5.92 Å². The van der Waals surface area contributed by atoms with Gasteiger partial charge in [0.15, 0.2) is 0 Å². The summed E-state index contributed by atoms with van der Waals surface area (Å²) >= 11 is 0. The number of rotatable bonds is 1. The SMILES string of the molecule is CC(=O)N1[C@H](C(=O)O)C[C@@H]2CCCC[C@@H]21. The first-order valence-corrected chi connectivity index (χ1v) is 5.63. The molecule has 1 saturated heterocycles. The number of carbonyl (C=O) groups excluding carboxylic acids is 1. The maximum atomic E-state index is 11.5. The highest BCUT2D eigenvalue weighted by molar-refractivity contribution is 5.83. The van der Waals surface area contributed by atoms with Crippen LogP contribution in [0.5, 0.6) is 0 Å². The zero-order valence-electron chi connectivity index (χ0n) is 8.98. The zero-order valence-corrected chi connectivity index (χ0v) is 8.98. The molecule has 0 spiro atoms. The molecule has 0 aromatic heterocycles. The summed E-state index contributed by atoms with van der Waals surface area (Å²) in [7, 11) is 0. The van der Waals surface area contributed by atoms with E-state index >= 15 is 0 Å². The molecule has 4 nitrogen and oxygen atoms in total. The van der Waals surface area contributed by atoms with Gasteiger partial charge in [0.25, 0.3) is 0 Å². The molecule has 1 heterocycles. The summed E-state index contributed by atoms with van der Waals surface area (Å²) in [6, 6.07) is -0.382. The zero-order chi connectivity index (χ0) is 11.0. The average molecular weight is 211 g/mol. The standard InChI is InChI=1S/C11H17NO3/c1-7(13)12-9-5-3-2-4-8(9)6-10(12)11(14)15/h8-10H,2-6H2,1H3,(H,14,15)/t8-,9-,10-/m0/s1. The maximum Gasteiger partial charge on any atom is 0.326 e. The largest absolute Gasteiger partial charge is 0.480 e. The van der Waals surface area contributed by atoms with Crippen LogP contribution in [-0.2, 0) is 9.59 Å². The second kappa shape index (κ2) is 3.83. The number of amides is 1. The number of fused-ring (bicyclic) bond motifs is 1. The fourth-order valence-electron chi connectivity index (χ4n) is 3.13. The summed E-state index contributed by atoms with van der Waals surface area (Å²) < 4.78 is 0. The first-order chi connectivity index (χ1) is 7.11. The van der Waals surface area contributed by atoms with E-state index in [1.807, 2.05) is 0 Å². The van der Waals surface area contributed by atoms with Gasteiger partial charge in [-0.15, -0.1) is 0 Å². The minimum atomic E-state index is -0.848. The normalized spacial score (nSPS) is 35.0. The van der Waals surface area contributed by atoms with Crippen molar-refractivity contribution in [3.8, 4) is 0 Å². The lowest BCUT2D eigenvalue weighted by atomic mass is 9.85. The molecule has 2 fully saturated rings. The van der Waals surface area contributed by atoms with Gasteiger partial charge in [0.2, 0.25) is 5.91 Å². The molecule has 2 rings (SSSR count). The van der Waals surface area contributed by atoms with E-state index in [0.717, 1.165) is 19.3 Å². The van der Waals surface area contributed by atoms with Crippen molar-refractivity contribution in [1.82, 2.24) is 4.90 Å². The maximum absolute atomic E-state index is 11.5. The van der Waals surface area contributed by atoms with Crippen molar-refractivity contribution in [3.05, 3.63) is 0 Å². The van der Waals surface area contributed by atoms with Gasteiger partial charge in [0.1, 0.15) is 6.04 Å². The molecule has 4 heteroatoms. The van der Waals surface area contributed by atoms with Gasteiger partial charge in [-0.25, -0.2) is 4.79 Å². The Balaban J connectivity index is 2.21. The minimum Gasteiger partial charge on any atom is -0.480 e. The van der Waals surface area contributed by atoms with Gasteiger partial charge in [0, 0.05) is 13.0 Å². The van der Waals surface area contributed by atoms with E-state index in [2.05, 4.69) is 0 Å². The van der Waals surface area contributed by atoms with Crippen LogP contribution in [0.3, 0.4) is 0 Å². The molecule has 1 aliphatic heterocycles. The Kier molecular flexibility index (Phi) is 2.67. The summed E-state index contributed by atoms with van der Waals surface area (Å²) in [4.78, 5) is 24.1. The fraction of sp³-hybridized carbons (Fsp3) is 0.818. The van der Waals surface area contributed by atoms with Crippen molar-refractivity contribution >= 4 is 11.9 Å². The van der Waals surface area contributed by atoms with Gasteiger partial charge in [-0.1, -0.05) is 12.8 Å². The highest BCUT2D eigenvalue weighted by Crippen LogP contribution is 2.39. The first kappa shape index (κ1) is 10.5. The van der Waals surface area contributed by atoms with Crippen LogP contribution in [0.4, 0.5) is 0 Å². The van der Waals surface area contributed by atoms with E-state index in [9.17, 15) is 9.59 Å². The molecule has 0 unspecified atom stereocenters. The Bertz CT molecular complexity index is 290. The van der Waals surface area contributed by atoms with E-state index in [1.165, 1.54) is 13.3 Å². The van der Waals surface area contributed by atoms with Crippen molar-refractivity contribution in [2.75, 3.05) is 0 Å². The van der Waals surface area contributed by atoms with Gasteiger partial charge in [-0.3, -0.25) is 4.79 Å². The molecule has 0 bridgehead atoms. The summed E-state index contributed by atoms with van der Waals surface area (Å²) in [5.74, 6) is -0.514. The number of aliphatic carboxylic acids is 1. The van der Waals surface area contributed by atoms with Gasteiger partial charge >= 0.3 is 5.97 Å². The van der Waals surface area contributed by atoms with Crippen molar-refractivity contribution in [2.45, 2.75) is 51.1 Å². The topological polar surface area (TPSA) is 57.6 Å². The van der Waals surface area contributed by atoms with Crippen molar-refractivity contribution in [1.29, 1.82) is 0 Å². The van der Waals surface area contributed by atoms with E-state index < -0.39 is 12.0 Å². The van der Waals surface area contributed by atoms with Crippen LogP contribution in [0.15, 0.2) is 0 Å². The van der Waals surface area contributed by atoms with E-state index in [0.29, 0.717) is 12.3 Å². The molecule has 3 atom stereocenters. The molecule has 1 aliphatic carbocycles. The Labute approximate surface area is 89.3 Å². The Hall–Kier alpha value is -1.06. The molecule has 1 N–H and O–H groups in total. The fourth-order valence-corrected chi connectivity index (χ4v) is 3.13. The lowest BCUT2D eigenvalue weighted by molar-refractivity contribution is -0.149. The van der Waals surface area contributed by atoms with Gasteiger partial charge in [0.05, 0.1) is 0 Å². The molecule has 84 valence electrons. The second-order valence-electron chi connectivity index (χ2n) is 4.63. The van der Waals surface area contributed by atoms with Crippen molar-refractivity contribution < 1.29 is 14.7 Å². The van der Waals surface area contributed by atoms with E-state index in [-0.39, 0.29) is 11.9 Å². The number of hydrogen-bond donors (Lipinski definition) is 1. The summed E-state index contributed by atoms with van der Waals surface area (Å²) in [6.07, 6.45) is 5.02. The lowest BCUT2D eigenvalue weighted by Gasteiger charge is -2.32. The van der Waals surface area contributed by atoms with Crippen LogP contribution in [0.1, 0.15) is 39.0 Å². The van der Waals surface area contributed by atoms with Crippen molar-refractivity contribution in [3.63, 3.8) is 0 Å². The van der Waals surface area contributed by atoms with Crippen LogP contribution in [0, 0.1) is 5.92 Å². The highest BCUT2D eigenvalue weighted by atomic mass is 16.4. The van der Waals surface area contributed by atoms with Crippen LogP contribution >= 0.6 is 0 Å². The molecule has 15 heavy (non-hydrogen) atoms. The first-order valence-electron chi connectivity index (χ1n) is 5.63. The second-order valence-corrected chi connectivity index (χ2v) is 4.63. The summed E-state index contributed by atoms with van der Waals surface area (Å²) in [6.45, 7) is 1.48. The predicted octanol–water partition coefficient (Wildman–Crippen LogP) is 1.25. The third-order valence-corrected chi connectivity index (χ3v) is 3.74. The predicted molar refractivity (Wildman–Crippen MR) is 54.3 cm³/mol. The number of carbonyl (C=O) groups is 2. The van der Waals surface area contributed by atoms with Gasteiger partial charge < -0.3 is 10.0 Å². The quantitative estimate of drug-likeness (QED) is 0.710. The Morgan fingerprint density at radius 1 is 1.27 bits per heavy atom. The summed E-state index contributed by atoms with van der Waals surface area (Å²) in [5.41, 5.74) is 0. The van der Waals surface area contributed by atoms with Crippen LogP contribution < -0.4 is 0 Å². The third kappa shape index (κ3) is 1.73. The number of carboxylic acids is 1. The number of likely N-dealkylation sites (tertiary alicyclic amines) is 1. The monoisotopic (exact) mass is 211 g/mol. The van der Waals surface area contributed by atoms with Gasteiger partial charge in [-0.2, -0.15) is 0 Å². The van der Waals surface area contributed by atoms with Crippen LogP contribution in [0.25, 0.3) is 0 Å². The molecular formula is C11H17NO3. The number of nitrogens with zero attached hydrogens (tertiary/aromatic N) is 1. The Morgan fingerprint density at radius 2 is 1.93 bits per heavy atom. The van der Waals surface area contributed by atoms with Gasteiger partial charge in [-0.05, 0) is 25.2 Å². The summed E-state index contributed by atoms with van der Waals surface area (Å²) in [5, 5.41) is 9.09. The molecule has 0 aromatic rings. The van der Waals surface area contributed by atoms with Crippen LogP contribution in [-0.4, -0.2) is 34.0 Å². The number of carboxylic acid groups (broad SMARTS) is 1. The third-order valence-electron chi connectivity index (χ3n) is 3.74. The minimum absolute atomic E-state index is 0.0863. The molecule has 0 radical (unpaired) electrons. The Morgan fingerprint density at radius 3 is 2.53 bits per heavy atom. The molecule has 1 amide bonds.